The Bertz CT molecular complexity index is 324. The van der Waals surface area contributed by atoms with Gasteiger partial charge in [-0.25, -0.2) is 4.98 Å². The molecule has 0 amide bonds. The number of hydrogen-bond acceptors (Lipinski definition) is 4. The van der Waals surface area contributed by atoms with Crippen LogP contribution in [0.5, 0.6) is 0 Å². The summed E-state index contributed by atoms with van der Waals surface area (Å²) < 4.78 is 0. The van der Waals surface area contributed by atoms with Crippen LogP contribution in [0, 0.1) is 5.92 Å². The topological polar surface area (TPSA) is 33.2 Å². The second-order valence-corrected chi connectivity index (χ2v) is 4.90. The molecule has 14 heavy (non-hydrogen) atoms. The van der Waals surface area contributed by atoms with Crippen LogP contribution in [0.25, 0.3) is 0 Å². The van der Waals surface area contributed by atoms with Crippen molar-refractivity contribution in [1.82, 2.24) is 4.98 Å². The molecule has 1 aliphatic heterocycles. The Morgan fingerprint density at radius 2 is 2.57 bits per heavy atom. The van der Waals surface area contributed by atoms with E-state index in [1.165, 1.54) is 24.2 Å². The molecule has 0 saturated carbocycles. The van der Waals surface area contributed by atoms with Gasteiger partial charge in [-0.2, -0.15) is 0 Å². The van der Waals surface area contributed by atoms with Crippen LogP contribution in [0.2, 0.25) is 0 Å². The van der Waals surface area contributed by atoms with Gasteiger partial charge in [-0.05, 0) is 18.8 Å². The molecule has 1 unspecified atom stereocenters. The van der Waals surface area contributed by atoms with E-state index in [-0.39, 0.29) is 0 Å². The van der Waals surface area contributed by atoms with Crippen LogP contribution >= 0.6 is 11.3 Å². The lowest BCUT2D eigenvalue weighted by molar-refractivity contribution is 0.112. The standard InChI is InChI=1S/C10H14N2OS/c1-8-3-2-4-12(6-8)10-11-5-9(7-13)14-10/h5,7-8H,2-4,6H2,1H3. The summed E-state index contributed by atoms with van der Waals surface area (Å²) in [6, 6.07) is 0. The average Bonchev–Trinajstić information content (AvgIpc) is 2.66. The molecule has 1 atom stereocenters. The van der Waals surface area contributed by atoms with Crippen LogP contribution in [0.4, 0.5) is 5.13 Å². The highest BCUT2D eigenvalue weighted by Gasteiger charge is 2.18. The number of hydrogen-bond donors (Lipinski definition) is 0. The minimum atomic E-state index is 0.721. The van der Waals surface area contributed by atoms with Crippen molar-refractivity contribution >= 4 is 22.8 Å². The molecule has 3 nitrogen and oxygen atoms in total. The number of thiazole rings is 1. The van der Waals surface area contributed by atoms with E-state index in [0.717, 1.165) is 35.3 Å². The number of aromatic nitrogens is 1. The summed E-state index contributed by atoms with van der Waals surface area (Å²) in [5.41, 5.74) is 0. The molecule has 2 heterocycles. The van der Waals surface area contributed by atoms with Crippen molar-refractivity contribution in [1.29, 1.82) is 0 Å². The molecule has 2 rings (SSSR count). The minimum Gasteiger partial charge on any atom is -0.348 e. The first-order valence-electron chi connectivity index (χ1n) is 4.95. The Morgan fingerprint density at radius 1 is 1.71 bits per heavy atom. The van der Waals surface area contributed by atoms with Gasteiger partial charge in [0.05, 0.1) is 11.1 Å². The van der Waals surface area contributed by atoms with Gasteiger partial charge in [0.1, 0.15) is 0 Å². The maximum atomic E-state index is 10.5. The van der Waals surface area contributed by atoms with E-state index in [0.29, 0.717) is 0 Å². The summed E-state index contributed by atoms with van der Waals surface area (Å²) in [4.78, 5) is 17.8. The lowest BCUT2D eigenvalue weighted by atomic mass is 10.0. The highest BCUT2D eigenvalue weighted by atomic mass is 32.1. The normalized spacial score (nSPS) is 22.4. The maximum Gasteiger partial charge on any atom is 0.185 e. The summed E-state index contributed by atoms with van der Waals surface area (Å²) in [5.74, 6) is 0.743. The van der Waals surface area contributed by atoms with E-state index in [4.69, 9.17) is 0 Å². The lowest BCUT2D eigenvalue weighted by Gasteiger charge is -2.30. The van der Waals surface area contributed by atoms with Crippen LogP contribution in [-0.2, 0) is 0 Å². The first-order valence-corrected chi connectivity index (χ1v) is 5.77. The van der Waals surface area contributed by atoms with Crippen molar-refractivity contribution in [3.8, 4) is 0 Å². The molecule has 0 aliphatic carbocycles. The molecule has 0 aromatic carbocycles. The fourth-order valence-corrected chi connectivity index (χ4v) is 2.61. The van der Waals surface area contributed by atoms with Gasteiger partial charge in [0, 0.05) is 13.1 Å². The number of carbonyl (C=O) groups excluding carboxylic acids is 1. The molecule has 1 fully saturated rings. The Balaban J connectivity index is 2.09. The second kappa shape index (κ2) is 4.09. The quantitative estimate of drug-likeness (QED) is 0.701. The van der Waals surface area contributed by atoms with Gasteiger partial charge in [-0.3, -0.25) is 4.79 Å². The van der Waals surface area contributed by atoms with Crippen molar-refractivity contribution in [3.05, 3.63) is 11.1 Å². The molecule has 76 valence electrons. The largest absolute Gasteiger partial charge is 0.348 e. The molecule has 1 aromatic heterocycles. The molecular formula is C10H14N2OS. The van der Waals surface area contributed by atoms with Crippen molar-refractivity contribution in [3.63, 3.8) is 0 Å². The zero-order valence-corrected chi connectivity index (χ0v) is 9.09. The summed E-state index contributed by atoms with van der Waals surface area (Å²) >= 11 is 1.49. The van der Waals surface area contributed by atoms with Crippen LogP contribution in [0.3, 0.4) is 0 Å². The predicted molar refractivity (Wildman–Crippen MR) is 58.1 cm³/mol. The van der Waals surface area contributed by atoms with E-state index in [1.54, 1.807) is 6.20 Å². The summed E-state index contributed by atoms with van der Waals surface area (Å²) in [5, 5.41) is 0.999. The van der Waals surface area contributed by atoms with E-state index in [1.807, 2.05) is 0 Å². The van der Waals surface area contributed by atoms with Gasteiger partial charge < -0.3 is 4.90 Å². The van der Waals surface area contributed by atoms with Crippen molar-refractivity contribution in [2.45, 2.75) is 19.8 Å². The van der Waals surface area contributed by atoms with Crippen LogP contribution in [-0.4, -0.2) is 24.4 Å². The number of piperidine rings is 1. The number of nitrogens with zero attached hydrogens (tertiary/aromatic N) is 2. The molecule has 0 N–H and O–H groups in total. The van der Waals surface area contributed by atoms with E-state index < -0.39 is 0 Å². The zero-order chi connectivity index (χ0) is 9.97. The van der Waals surface area contributed by atoms with Crippen LogP contribution < -0.4 is 4.90 Å². The molecule has 0 radical (unpaired) electrons. The van der Waals surface area contributed by atoms with Gasteiger partial charge in [0.25, 0.3) is 0 Å². The fourth-order valence-electron chi connectivity index (χ4n) is 1.84. The van der Waals surface area contributed by atoms with Gasteiger partial charge in [0.2, 0.25) is 0 Å². The zero-order valence-electron chi connectivity index (χ0n) is 8.27. The monoisotopic (exact) mass is 210 g/mol. The molecule has 1 saturated heterocycles. The van der Waals surface area contributed by atoms with Crippen LogP contribution in [0.1, 0.15) is 29.4 Å². The van der Waals surface area contributed by atoms with Gasteiger partial charge in [-0.1, -0.05) is 18.3 Å². The molecule has 0 bridgehead atoms. The van der Waals surface area contributed by atoms with E-state index in [9.17, 15) is 4.79 Å². The average molecular weight is 210 g/mol. The summed E-state index contributed by atoms with van der Waals surface area (Å²) in [6.07, 6.45) is 5.07. The lowest BCUT2D eigenvalue weighted by Crippen LogP contribution is -2.34. The van der Waals surface area contributed by atoms with E-state index in [2.05, 4.69) is 16.8 Å². The molecule has 4 heteroatoms. The summed E-state index contributed by atoms with van der Waals surface area (Å²) in [6.45, 7) is 4.42. The fraction of sp³-hybridized carbons (Fsp3) is 0.600. The summed E-state index contributed by atoms with van der Waals surface area (Å²) in [7, 11) is 0. The third-order valence-electron chi connectivity index (χ3n) is 2.56. The first-order chi connectivity index (χ1) is 6.79. The van der Waals surface area contributed by atoms with E-state index >= 15 is 0 Å². The maximum absolute atomic E-state index is 10.5. The number of rotatable bonds is 2. The third kappa shape index (κ3) is 1.95. The van der Waals surface area contributed by atoms with Gasteiger partial charge in [0.15, 0.2) is 11.4 Å². The number of aldehydes is 1. The van der Waals surface area contributed by atoms with Crippen LogP contribution in [0.15, 0.2) is 6.20 Å². The van der Waals surface area contributed by atoms with Crippen molar-refractivity contribution in [2.24, 2.45) is 5.92 Å². The van der Waals surface area contributed by atoms with Crippen molar-refractivity contribution < 1.29 is 4.79 Å². The second-order valence-electron chi connectivity index (χ2n) is 3.86. The minimum absolute atomic E-state index is 0.721. The Labute approximate surface area is 87.8 Å². The third-order valence-corrected chi connectivity index (χ3v) is 3.54. The Kier molecular flexibility index (Phi) is 2.82. The molecule has 1 aliphatic rings. The van der Waals surface area contributed by atoms with Gasteiger partial charge in [-0.15, -0.1) is 0 Å². The number of anilines is 1. The highest BCUT2D eigenvalue weighted by molar-refractivity contribution is 7.17. The highest BCUT2D eigenvalue weighted by Crippen LogP contribution is 2.26. The molecular weight excluding hydrogens is 196 g/mol. The SMILES string of the molecule is CC1CCCN(c2ncc(C=O)s2)C1. The molecule has 0 spiro atoms. The molecule has 1 aromatic rings. The van der Waals surface area contributed by atoms with Gasteiger partial charge >= 0.3 is 0 Å². The smallest absolute Gasteiger partial charge is 0.185 e. The Morgan fingerprint density at radius 3 is 3.21 bits per heavy atom. The number of carbonyl (C=O) groups is 1. The predicted octanol–water partition coefficient (Wildman–Crippen LogP) is 2.19. The van der Waals surface area contributed by atoms with Crippen molar-refractivity contribution in [2.75, 3.05) is 18.0 Å². The Hall–Kier alpha value is -0.900. The first kappa shape index (κ1) is 9.65.